The molecule has 3 nitrogen and oxygen atoms in total. The van der Waals surface area contributed by atoms with Crippen molar-refractivity contribution in [3.63, 3.8) is 0 Å². The Morgan fingerprint density at radius 2 is 1.88 bits per heavy atom. The molecule has 0 aliphatic carbocycles. The zero-order valence-corrected chi connectivity index (χ0v) is 16.6. The Balaban J connectivity index is 1.80. The van der Waals surface area contributed by atoms with Gasteiger partial charge < -0.3 is 10.1 Å². The SMILES string of the molecule is Cc1cc(Br)c(NC(=O)CCCOc2ccc(Cl)cc2Cl)cc1C. The molecule has 2 aromatic rings. The first-order chi connectivity index (χ1) is 11.4. The number of nitrogens with one attached hydrogen (secondary N) is 1. The van der Waals surface area contributed by atoms with E-state index in [1.54, 1.807) is 18.2 Å². The number of aryl methyl sites for hydroxylation is 2. The third-order valence-corrected chi connectivity index (χ3v) is 4.74. The van der Waals surface area contributed by atoms with Gasteiger partial charge in [0, 0.05) is 15.9 Å². The third kappa shape index (κ3) is 5.40. The average molecular weight is 431 g/mol. The number of rotatable bonds is 6. The van der Waals surface area contributed by atoms with E-state index in [0.717, 1.165) is 15.7 Å². The topological polar surface area (TPSA) is 38.3 Å². The molecule has 0 atom stereocenters. The fourth-order valence-corrected chi connectivity index (χ4v) is 3.12. The summed E-state index contributed by atoms with van der Waals surface area (Å²) < 4.78 is 6.45. The van der Waals surface area contributed by atoms with Gasteiger partial charge in [-0.3, -0.25) is 4.79 Å². The first kappa shape index (κ1) is 19.1. The van der Waals surface area contributed by atoms with Crippen LogP contribution in [-0.2, 0) is 4.79 Å². The second-order valence-corrected chi connectivity index (χ2v) is 7.19. The molecule has 0 aliphatic rings. The highest BCUT2D eigenvalue weighted by atomic mass is 79.9. The summed E-state index contributed by atoms with van der Waals surface area (Å²) in [5, 5.41) is 3.94. The van der Waals surface area contributed by atoms with Gasteiger partial charge in [-0.1, -0.05) is 23.2 Å². The van der Waals surface area contributed by atoms with Crippen molar-refractivity contribution in [1.82, 2.24) is 0 Å². The summed E-state index contributed by atoms with van der Waals surface area (Å²) in [6.45, 7) is 4.45. The molecular weight excluding hydrogens is 413 g/mol. The molecule has 0 bridgehead atoms. The van der Waals surface area contributed by atoms with E-state index in [4.69, 9.17) is 27.9 Å². The molecule has 1 amide bonds. The van der Waals surface area contributed by atoms with Gasteiger partial charge in [0.2, 0.25) is 5.91 Å². The maximum atomic E-state index is 12.1. The molecule has 0 unspecified atom stereocenters. The second kappa shape index (κ2) is 8.75. The smallest absolute Gasteiger partial charge is 0.224 e. The largest absolute Gasteiger partial charge is 0.492 e. The van der Waals surface area contributed by atoms with Gasteiger partial charge in [0.15, 0.2) is 0 Å². The van der Waals surface area contributed by atoms with Gasteiger partial charge >= 0.3 is 0 Å². The van der Waals surface area contributed by atoms with Gasteiger partial charge in [0.25, 0.3) is 0 Å². The highest BCUT2D eigenvalue weighted by molar-refractivity contribution is 9.10. The molecule has 24 heavy (non-hydrogen) atoms. The van der Waals surface area contributed by atoms with Crippen LogP contribution in [0.15, 0.2) is 34.8 Å². The molecule has 0 aromatic heterocycles. The van der Waals surface area contributed by atoms with E-state index in [-0.39, 0.29) is 5.91 Å². The molecule has 2 rings (SSSR count). The van der Waals surface area contributed by atoms with Crippen LogP contribution in [0.1, 0.15) is 24.0 Å². The van der Waals surface area contributed by atoms with Crippen LogP contribution in [0.2, 0.25) is 10.0 Å². The Labute approximate surface area is 160 Å². The maximum absolute atomic E-state index is 12.1. The number of benzene rings is 2. The number of hydrogen-bond acceptors (Lipinski definition) is 2. The van der Waals surface area contributed by atoms with E-state index in [1.807, 2.05) is 26.0 Å². The Bertz CT molecular complexity index is 750. The summed E-state index contributed by atoms with van der Waals surface area (Å²) in [6, 6.07) is 9.02. The number of amides is 1. The lowest BCUT2D eigenvalue weighted by atomic mass is 10.1. The number of ether oxygens (including phenoxy) is 1. The van der Waals surface area contributed by atoms with Crippen molar-refractivity contribution in [3.05, 3.63) is 56.0 Å². The minimum atomic E-state index is -0.0512. The number of carbonyl (C=O) groups excluding carboxylic acids is 1. The lowest BCUT2D eigenvalue weighted by molar-refractivity contribution is -0.116. The van der Waals surface area contributed by atoms with Crippen molar-refractivity contribution in [2.24, 2.45) is 0 Å². The van der Waals surface area contributed by atoms with Gasteiger partial charge in [-0.15, -0.1) is 0 Å². The molecule has 0 radical (unpaired) electrons. The quantitative estimate of drug-likeness (QED) is 0.556. The summed E-state index contributed by atoms with van der Waals surface area (Å²) in [5.74, 6) is 0.517. The van der Waals surface area contributed by atoms with Gasteiger partial charge in [-0.25, -0.2) is 0 Å². The van der Waals surface area contributed by atoms with Crippen LogP contribution in [-0.4, -0.2) is 12.5 Å². The van der Waals surface area contributed by atoms with E-state index < -0.39 is 0 Å². The fourth-order valence-electron chi connectivity index (χ4n) is 2.10. The lowest BCUT2D eigenvalue weighted by Crippen LogP contribution is -2.13. The highest BCUT2D eigenvalue weighted by Crippen LogP contribution is 2.28. The number of anilines is 1. The molecule has 2 aromatic carbocycles. The summed E-state index contributed by atoms with van der Waals surface area (Å²) in [6.07, 6.45) is 0.956. The molecule has 1 N–H and O–H groups in total. The first-order valence-electron chi connectivity index (χ1n) is 7.51. The van der Waals surface area contributed by atoms with Crippen LogP contribution in [0.25, 0.3) is 0 Å². The summed E-state index contributed by atoms with van der Waals surface area (Å²) in [5.41, 5.74) is 3.09. The van der Waals surface area contributed by atoms with Crippen molar-refractivity contribution >= 4 is 50.7 Å². The maximum Gasteiger partial charge on any atom is 0.224 e. The molecule has 0 saturated carbocycles. The predicted molar refractivity (Wildman–Crippen MR) is 103 cm³/mol. The van der Waals surface area contributed by atoms with Crippen molar-refractivity contribution in [3.8, 4) is 5.75 Å². The molecule has 0 saturated heterocycles. The van der Waals surface area contributed by atoms with E-state index in [1.165, 1.54) is 5.56 Å². The number of halogens is 3. The van der Waals surface area contributed by atoms with Crippen LogP contribution in [0, 0.1) is 13.8 Å². The normalized spacial score (nSPS) is 10.5. The van der Waals surface area contributed by atoms with Crippen LogP contribution in [0.3, 0.4) is 0 Å². The monoisotopic (exact) mass is 429 g/mol. The third-order valence-electron chi connectivity index (χ3n) is 3.56. The highest BCUT2D eigenvalue weighted by Gasteiger charge is 2.08. The van der Waals surface area contributed by atoms with Gasteiger partial charge in [-0.2, -0.15) is 0 Å². The molecule has 0 spiro atoms. The Hall–Kier alpha value is -1.23. The Morgan fingerprint density at radius 1 is 1.17 bits per heavy atom. The standard InChI is InChI=1S/C18H18BrCl2NO2/c1-11-8-14(19)16(9-12(11)2)22-18(23)4-3-7-24-17-6-5-13(20)10-15(17)21/h5-6,8-10H,3-4,7H2,1-2H3,(H,22,23). The Kier molecular flexibility index (Phi) is 6.96. The van der Waals surface area contributed by atoms with Crippen molar-refractivity contribution in [2.75, 3.05) is 11.9 Å². The Morgan fingerprint density at radius 3 is 2.58 bits per heavy atom. The number of hydrogen-bond donors (Lipinski definition) is 1. The lowest BCUT2D eigenvalue weighted by Gasteiger charge is -2.11. The van der Waals surface area contributed by atoms with E-state index in [9.17, 15) is 4.79 Å². The van der Waals surface area contributed by atoms with Crippen LogP contribution >= 0.6 is 39.1 Å². The molecule has 0 heterocycles. The van der Waals surface area contributed by atoms with Crippen molar-refractivity contribution in [1.29, 1.82) is 0 Å². The molecule has 0 aliphatic heterocycles. The van der Waals surface area contributed by atoms with Gasteiger partial charge in [0.05, 0.1) is 17.3 Å². The minimum absolute atomic E-state index is 0.0512. The predicted octanol–water partition coefficient (Wildman–Crippen LogP) is 6.17. The van der Waals surface area contributed by atoms with Gasteiger partial charge in [-0.05, 0) is 77.7 Å². The van der Waals surface area contributed by atoms with E-state index >= 15 is 0 Å². The van der Waals surface area contributed by atoms with Gasteiger partial charge in [0.1, 0.15) is 5.75 Å². The van der Waals surface area contributed by atoms with E-state index in [0.29, 0.717) is 35.2 Å². The second-order valence-electron chi connectivity index (χ2n) is 5.49. The molecule has 0 fully saturated rings. The summed E-state index contributed by atoms with van der Waals surface area (Å²) >= 11 is 15.3. The zero-order chi connectivity index (χ0) is 17.7. The summed E-state index contributed by atoms with van der Waals surface area (Å²) in [4.78, 5) is 12.1. The van der Waals surface area contributed by atoms with E-state index in [2.05, 4.69) is 21.2 Å². The molecule has 128 valence electrons. The fraction of sp³-hybridized carbons (Fsp3) is 0.278. The van der Waals surface area contributed by atoms with Crippen LogP contribution in [0.4, 0.5) is 5.69 Å². The zero-order valence-electron chi connectivity index (χ0n) is 13.5. The minimum Gasteiger partial charge on any atom is -0.492 e. The summed E-state index contributed by atoms with van der Waals surface area (Å²) in [7, 11) is 0. The van der Waals surface area contributed by atoms with Crippen LogP contribution < -0.4 is 10.1 Å². The molecule has 6 heteroatoms. The van der Waals surface area contributed by atoms with Crippen molar-refractivity contribution in [2.45, 2.75) is 26.7 Å². The van der Waals surface area contributed by atoms with Crippen molar-refractivity contribution < 1.29 is 9.53 Å². The molecular formula is C18H18BrCl2NO2. The number of carbonyl (C=O) groups is 1. The average Bonchev–Trinajstić information content (AvgIpc) is 2.51. The first-order valence-corrected chi connectivity index (χ1v) is 9.06. The van der Waals surface area contributed by atoms with Crippen LogP contribution in [0.5, 0.6) is 5.75 Å².